The van der Waals surface area contributed by atoms with Crippen LogP contribution in [0.25, 0.3) is 0 Å². The average Bonchev–Trinajstić information content (AvgIpc) is 2.38. The predicted molar refractivity (Wildman–Crippen MR) is 76.8 cm³/mol. The van der Waals surface area contributed by atoms with Gasteiger partial charge in [0.25, 0.3) is 0 Å². The SMILES string of the molecule is C[C@@H](NC(=O)OC(C)(C)C)c1cc(F)ccc1OC(F)(F)CO. The van der Waals surface area contributed by atoms with Crippen LogP contribution < -0.4 is 10.1 Å². The van der Waals surface area contributed by atoms with E-state index in [0.29, 0.717) is 0 Å². The summed E-state index contributed by atoms with van der Waals surface area (Å²) in [4.78, 5) is 11.7. The summed E-state index contributed by atoms with van der Waals surface area (Å²) in [6.45, 7) is 4.92. The number of halogens is 3. The minimum atomic E-state index is -3.82. The van der Waals surface area contributed by atoms with Crippen molar-refractivity contribution in [3.63, 3.8) is 0 Å². The van der Waals surface area contributed by atoms with Gasteiger partial charge < -0.3 is 19.9 Å². The summed E-state index contributed by atoms with van der Waals surface area (Å²) in [5, 5.41) is 11.0. The molecule has 5 nitrogen and oxygen atoms in total. The Bertz CT molecular complexity index is 558. The minimum absolute atomic E-state index is 0.0102. The van der Waals surface area contributed by atoms with Crippen molar-refractivity contribution >= 4 is 6.09 Å². The van der Waals surface area contributed by atoms with Crippen molar-refractivity contribution in [1.82, 2.24) is 5.32 Å². The van der Waals surface area contributed by atoms with Crippen LogP contribution in [0.1, 0.15) is 39.3 Å². The second-order valence-electron chi connectivity index (χ2n) is 5.95. The maximum absolute atomic E-state index is 13.4. The molecule has 1 rings (SSSR count). The number of nitrogens with one attached hydrogen (secondary N) is 1. The van der Waals surface area contributed by atoms with E-state index >= 15 is 0 Å². The third-order valence-electron chi connectivity index (χ3n) is 2.61. The smallest absolute Gasteiger partial charge is 0.421 e. The first-order valence-electron chi connectivity index (χ1n) is 6.90. The van der Waals surface area contributed by atoms with Gasteiger partial charge in [0.2, 0.25) is 0 Å². The Morgan fingerprint density at radius 3 is 2.48 bits per heavy atom. The largest absolute Gasteiger partial charge is 0.444 e. The van der Waals surface area contributed by atoms with E-state index in [2.05, 4.69) is 10.1 Å². The molecule has 0 aliphatic heterocycles. The van der Waals surface area contributed by atoms with E-state index in [9.17, 15) is 18.0 Å². The van der Waals surface area contributed by atoms with Crippen LogP contribution in [0, 0.1) is 5.82 Å². The fraction of sp³-hybridized carbons (Fsp3) is 0.533. The maximum Gasteiger partial charge on any atom is 0.421 e. The summed E-state index contributed by atoms with van der Waals surface area (Å²) >= 11 is 0. The van der Waals surface area contributed by atoms with Gasteiger partial charge in [0, 0.05) is 5.56 Å². The Morgan fingerprint density at radius 2 is 1.96 bits per heavy atom. The molecule has 23 heavy (non-hydrogen) atoms. The molecule has 1 aromatic rings. The zero-order valence-corrected chi connectivity index (χ0v) is 13.3. The monoisotopic (exact) mass is 335 g/mol. The molecule has 0 saturated carbocycles. The topological polar surface area (TPSA) is 67.8 Å². The number of aliphatic hydroxyl groups excluding tert-OH is 1. The van der Waals surface area contributed by atoms with Crippen LogP contribution in [0.4, 0.5) is 18.0 Å². The third kappa shape index (κ3) is 6.35. The summed E-state index contributed by atoms with van der Waals surface area (Å²) < 4.78 is 49.2. The van der Waals surface area contributed by atoms with Crippen LogP contribution in [0.2, 0.25) is 0 Å². The van der Waals surface area contributed by atoms with Crippen LogP contribution in [-0.2, 0) is 4.74 Å². The number of alkyl carbamates (subject to hydrolysis) is 1. The molecule has 1 amide bonds. The Kier molecular flexibility index (Phi) is 5.87. The van der Waals surface area contributed by atoms with Gasteiger partial charge in [-0.2, -0.15) is 8.78 Å². The fourth-order valence-electron chi connectivity index (χ4n) is 1.71. The van der Waals surface area contributed by atoms with Crippen molar-refractivity contribution in [1.29, 1.82) is 0 Å². The van der Waals surface area contributed by atoms with Crippen LogP contribution >= 0.6 is 0 Å². The first-order chi connectivity index (χ1) is 10.4. The zero-order chi connectivity index (χ0) is 17.8. The molecule has 2 N–H and O–H groups in total. The molecule has 0 aromatic heterocycles. The van der Waals surface area contributed by atoms with Crippen molar-refractivity contribution in [2.24, 2.45) is 0 Å². The average molecular weight is 335 g/mol. The summed E-state index contributed by atoms with van der Waals surface area (Å²) in [6, 6.07) is 2.05. The lowest BCUT2D eigenvalue weighted by Crippen LogP contribution is -2.35. The highest BCUT2D eigenvalue weighted by Gasteiger charge is 2.32. The highest BCUT2D eigenvalue weighted by atomic mass is 19.3. The number of ether oxygens (including phenoxy) is 2. The highest BCUT2D eigenvalue weighted by molar-refractivity contribution is 5.68. The van der Waals surface area contributed by atoms with E-state index in [0.717, 1.165) is 18.2 Å². The van der Waals surface area contributed by atoms with Gasteiger partial charge >= 0.3 is 12.2 Å². The molecule has 130 valence electrons. The fourth-order valence-corrected chi connectivity index (χ4v) is 1.71. The number of benzene rings is 1. The Labute approximate surface area is 132 Å². The normalized spacial score (nSPS) is 13.4. The molecule has 0 saturated heterocycles. The van der Waals surface area contributed by atoms with E-state index in [1.807, 2.05) is 0 Å². The van der Waals surface area contributed by atoms with Gasteiger partial charge in [0.05, 0.1) is 6.04 Å². The molecule has 0 unspecified atom stereocenters. The van der Waals surface area contributed by atoms with Gasteiger partial charge in [0.15, 0.2) is 0 Å². The molecule has 0 aliphatic rings. The Balaban J connectivity index is 2.97. The number of hydrogen-bond donors (Lipinski definition) is 2. The highest BCUT2D eigenvalue weighted by Crippen LogP contribution is 2.30. The molecule has 0 radical (unpaired) electrons. The minimum Gasteiger partial charge on any atom is -0.444 e. The van der Waals surface area contributed by atoms with Gasteiger partial charge in [-0.3, -0.25) is 0 Å². The number of aliphatic hydroxyl groups is 1. The van der Waals surface area contributed by atoms with Crippen molar-refractivity contribution < 1.29 is 32.5 Å². The molecule has 8 heteroatoms. The van der Waals surface area contributed by atoms with E-state index in [4.69, 9.17) is 9.84 Å². The first kappa shape index (κ1) is 19.1. The second kappa shape index (κ2) is 7.08. The standard InChI is InChI=1S/C15H20F3NO4/c1-9(19-13(21)23-14(2,3)4)11-7-10(16)5-6-12(11)22-15(17,18)8-20/h5-7,9,20H,8H2,1-4H3,(H,19,21)/t9-/m1/s1. The first-order valence-corrected chi connectivity index (χ1v) is 6.90. The molecule has 0 fully saturated rings. The molecular weight excluding hydrogens is 315 g/mol. The third-order valence-corrected chi connectivity index (χ3v) is 2.61. The van der Waals surface area contributed by atoms with E-state index in [1.54, 1.807) is 20.8 Å². The number of carbonyl (C=O) groups excluding carboxylic acids is 1. The quantitative estimate of drug-likeness (QED) is 0.866. The molecule has 0 heterocycles. The van der Waals surface area contributed by atoms with Crippen molar-refractivity contribution in [3.05, 3.63) is 29.6 Å². The predicted octanol–water partition coefficient (Wildman–Crippen LogP) is 3.38. The lowest BCUT2D eigenvalue weighted by atomic mass is 10.1. The van der Waals surface area contributed by atoms with E-state index in [1.165, 1.54) is 6.92 Å². The molecule has 0 spiro atoms. The van der Waals surface area contributed by atoms with Gasteiger partial charge in [0.1, 0.15) is 23.8 Å². The second-order valence-corrected chi connectivity index (χ2v) is 5.95. The van der Waals surface area contributed by atoms with Crippen LogP contribution in [0.3, 0.4) is 0 Å². The molecular formula is C15H20F3NO4. The Hall–Kier alpha value is -1.96. The van der Waals surface area contributed by atoms with Crippen LogP contribution in [0.15, 0.2) is 18.2 Å². The van der Waals surface area contributed by atoms with Crippen LogP contribution in [0.5, 0.6) is 5.75 Å². The summed E-state index contributed by atoms with van der Waals surface area (Å²) in [5.74, 6) is -1.04. The number of rotatable bonds is 5. The van der Waals surface area contributed by atoms with Gasteiger partial charge in [-0.25, -0.2) is 9.18 Å². The zero-order valence-electron chi connectivity index (χ0n) is 13.3. The number of amides is 1. The van der Waals surface area contributed by atoms with Gasteiger partial charge in [-0.1, -0.05) is 0 Å². The summed E-state index contributed by atoms with van der Waals surface area (Å²) in [6.07, 6.45) is -4.60. The molecule has 0 aliphatic carbocycles. The summed E-state index contributed by atoms with van der Waals surface area (Å²) in [5.41, 5.74) is -0.751. The van der Waals surface area contributed by atoms with Crippen molar-refractivity contribution in [2.75, 3.05) is 6.61 Å². The maximum atomic E-state index is 13.4. The Morgan fingerprint density at radius 1 is 1.35 bits per heavy atom. The number of carbonyl (C=O) groups is 1. The van der Waals surface area contributed by atoms with Gasteiger partial charge in [-0.05, 0) is 45.9 Å². The van der Waals surface area contributed by atoms with E-state index in [-0.39, 0.29) is 11.3 Å². The van der Waals surface area contributed by atoms with Gasteiger partial charge in [-0.15, -0.1) is 0 Å². The number of hydrogen-bond acceptors (Lipinski definition) is 4. The lowest BCUT2D eigenvalue weighted by molar-refractivity contribution is -0.201. The molecule has 1 atom stereocenters. The molecule has 0 bridgehead atoms. The van der Waals surface area contributed by atoms with Crippen LogP contribution in [-0.4, -0.2) is 29.5 Å². The van der Waals surface area contributed by atoms with Crippen molar-refractivity contribution in [2.45, 2.75) is 45.4 Å². The summed E-state index contributed by atoms with van der Waals surface area (Å²) in [7, 11) is 0. The lowest BCUT2D eigenvalue weighted by Gasteiger charge is -2.24. The van der Waals surface area contributed by atoms with E-state index < -0.39 is 36.3 Å². The van der Waals surface area contributed by atoms with Crippen molar-refractivity contribution in [3.8, 4) is 5.75 Å². The number of alkyl halides is 2. The molecule has 1 aromatic carbocycles.